The van der Waals surface area contributed by atoms with Crippen molar-refractivity contribution in [3.05, 3.63) is 24.2 Å². The van der Waals surface area contributed by atoms with E-state index in [0.29, 0.717) is 5.70 Å². The van der Waals surface area contributed by atoms with Crippen molar-refractivity contribution in [3.63, 3.8) is 0 Å². The highest BCUT2D eigenvalue weighted by Gasteiger charge is 1.86. The van der Waals surface area contributed by atoms with Gasteiger partial charge in [-0.25, -0.2) is 4.39 Å². The van der Waals surface area contributed by atoms with E-state index in [9.17, 15) is 4.39 Å². The van der Waals surface area contributed by atoms with Crippen molar-refractivity contribution in [1.29, 1.82) is 0 Å². The van der Waals surface area contributed by atoms with Crippen LogP contribution >= 0.6 is 0 Å². The molecule has 56 valence electrons. The van der Waals surface area contributed by atoms with Crippen LogP contribution in [0.1, 0.15) is 20.8 Å². The number of nitrogens with zero attached hydrogens (tertiary/aromatic N) is 1. The molecule has 0 rings (SSSR count). The maximum atomic E-state index is 12.1. The van der Waals surface area contributed by atoms with Crippen LogP contribution in [0.25, 0.3) is 0 Å². The van der Waals surface area contributed by atoms with Gasteiger partial charge in [0.2, 0.25) is 0 Å². The fourth-order valence-electron chi connectivity index (χ4n) is 0.612. The Morgan fingerprint density at radius 1 is 1.40 bits per heavy atom. The molecule has 0 aromatic carbocycles. The van der Waals surface area contributed by atoms with E-state index in [-0.39, 0.29) is 0 Å². The van der Waals surface area contributed by atoms with Crippen LogP contribution in [0.2, 0.25) is 0 Å². The largest absolute Gasteiger partial charge is 0.263 e. The molecule has 0 amide bonds. The van der Waals surface area contributed by atoms with E-state index in [2.05, 4.69) is 11.6 Å². The van der Waals surface area contributed by atoms with Crippen LogP contribution in [0.5, 0.6) is 0 Å². The lowest BCUT2D eigenvalue weighted by molar-refractivity contribution is 0.669. The van der Waals surface area contributed by atoms with Gasteiger partial charge in [-0.2, -0.15) is 0 Å². The van der Waals surface area contributed by atoms with Gasteiger partial charge in [-0.3, -0.25) is 4.99 Å². The standard InChI is InChI=1S/C8H12FN/c1-6(2)10-8(4)5-7(3)9/h5H,3H2,1-2,4H3/b8-5-. The molecule has 0 aromatic heterocycles. The van der Waals surface area contributed by atoms with Crippen molar-refractivity contribution in [3.8, 4) is 0 Å². The highest BCUT2D eigenvalue weighted by molar-refractivity contribution is 5.80. The molecule has 0 heterocycles. The lowest BCUT2D eigenvalue weighted by Crippen LogP contribution is -1.80. The number of halogens is 1. The van der Waals surface area contributed by atoms with Gasteiger partial charge in [-0.1, -0.05) is 6.58 Å². The molecule has 0 aliphatic heterocycles. The van der Waals surface area contributed by atoms with E-state index in [1.54, 1.807) is 6.92 Å². The summed E-state index contributed by atoms with van der Waals surface area (Å²) in [7, 11) is 0. The SMILES string of the molecule is C=C(F)/C=C(/C)N=C(C)C. The van der Waals surface area contributed by atoms with Gasteiger partial charge in [0.25, 0.3) is 0 Å². The predicted octanol–water partition coefficient (Wildman–Crippen LogP) is 2.85. The zero-order valence-electron chi connectivity index (χ0n) is 6.61. The minimum absolute atomic E-state index is 0.456. The summed E-state index contributed by atoms with van der Waals surface area (Å²) >= 11 is 0. The van der Waals surface area contributed by atoms with Gasteiger partial charge < -0.3 is 0 Å². The summed E-state index contributed by atoms with van der Waals surface area (Å²) in [5, 5.41) is 0. The summed E-state index contributed by atoms with van der Waals surface area (Å²) in [6.07, 6.45) is 1.30. The third kappa shape index (κ3) is 5.22. The smallest absolute Gasteiger partial charge is 0.117 e. The molecular weight excluding hydrogens is 129 g/mol. The molecule has 0 saturated carbocycles. The van der Waals surface area contributed by atoms with Crippen LogP contribution in [0.4, 0.5) is 4.39 Å². The minimum atomic E-state index is -0.456. The maximum absolute atomic E-state index is 12.1. The van der Waals surface area contributed by atoms with E-state index in [0.717, 1.165) is 5.71 Å². The van der Waals surface area contributed by atoms with Gasteiger partial charge in [0.05, 0.1) is 0 Å². The molecule has 2 heteroatoms. The molecule has 0 aliphatic carbocycles. The second kappa shape index (κ2) is 3.99. The summed E-state index contributed by atoms with van der Waals surface area (Å²) in [5.41, 5.74) is 1.56. The van der Waals surface area contributed by atoms with Crippen LogP contribution in [0, 0.1) is 0 Å². The van der Waals surface area contributed by atoms with E-state index in [1.165, 1.54) is 6.08 Å². The summed E-state index contributed by atoms with van der Waals surface area (Å²) in [4.78, 5) is 3.99. The van der Waals surface area contributed by atoms with Crippen LogP contribution in [0.15, 0.2) is 29.2 Å². The summed E-state index contributed by atoms with van der Waals surface area (Å²) in [6, 6.07) is 0. The lowest BCUT2D eigenvalue weighted by atomic mass is 10.4. The molecule has 1 nitrogen and oxygen atoms in total. The molecule has 0 atom stereocenters. The zero-order valence-corrected chi connectivity index (χ0v) is 6.61. The highest BCUT2D eigenvalue weighted by Crippen LogP contribution is 2.02. The molecular formula is C8H12FN. The summed E-state index contributed by atoms with van der Waals surface area (Å²) in [5.74, 6) is -0.456. The Balaban J connectivity index is 4.22. The number of hydrogen-bond acceptors (Lipinski definition) is 1. The monoisotopic (exact) mass is 141 g/mol. The first kappa shape index (κ1) is 9.08. The quantitative estimate of drug-likeness (QED) is 0.414. The van der Waals surface area contributed by atoms with Gasteiger partial charge in [0.1, 0.15) is 5.83 Å². The number of hydrogen-bond donors (Lipinski definition) is 0. The average molecular weight is 141 g/mol. The first-order chi connectivity index (χ1) is 4.52. The van der Waals surface area contributed by atoms with Crippen molar-refractivity contribution in [2.24, 2.45) is 4.99 Å². The molecule has 0 spiro atoms. The third-order valence-electron chi connectivity index (χ3n) is 0.765. The van der Waals surface area contributed by atoms with Crippen molar-refractivity contribution in [2.45, 2.75) is 20.8 Å². The van der Waals surface area contributed by atoms with Gasteiger partial charge >= 0.3 is 0 Å². The number of rotatable bonds is 2. The van der Waals surface area contributed by atoms with Gasteiger partial charge in [0, 0.05) is 11.4 Å². The van der Waals surface area contributed by atoms with Crippen molar-refractivity contribution in [2.75, 3.05) is 0 Å². The fourth-order valence-corrected chi connectivity index (χ4v) is 0.612. The molecule has 0 aromatic rings. The van der Waals surface area contributed by atoms with Crippen LogP contribution in [-0.4, -0.2) is 5.71 Å². The Morgan fingerprint density at radius 3 is 2.20 bits per heavy atom. The zero-order chi connectivity index (χ0) is 8.15. The Bertz CT molecular complexity index is 185. The predicted molar refractivity (Wildman–Crippen MR) is 42.8 cm³/mol. The van der Waals surface area contributed by atoms with E-state index in [4.69, 9.17) is 0 Å². The van der Waals surface area contributed by atoms with Crippen LogP contribution in [-0.2, 0) is 0 Å². The second-order valence-electron chi connectivity index (χ2n) is 2.29. The fraction of sp³-hybridized carbons (Fsp3) is 0.375. The first-order valence-electron chi connectivity index (χ1n) is 3.07. The lowest BCUT2D eigenvalue weighted by Gasteiger charge is -1.91. The van der Waals surface area contributed by atoms with E-state index >= 15 is 0 Å². The van der Waals surface area contributed by atoms with Crippen molar-refractivity contribution < 1.29 is 4.39 Å². The topological polar surface area (TPSA) is 12.4 Å². The summed E-state index contributed by atoms with van der Waals surface area (Å²) in [6.45, 7) is 8.54. The Morgan fingerprint density at radius 2 is 1.90 bits per heavy atom. The van der Waals surface area contributed by atoms with E-state index in [1.807, 2.05) is 13.8 Å². The van der Waals surface area contributed by atoms with Crippen molar-refractivity contribution in [1.82, 2.24) is 0 Å². The molecule has 10 heavy (non-hydrogen) atoms. The molecule has 0 N–H and O–H groups in total. The Labute approximate surface area is 61.0 Å². The van der Waals surface area contributed by atoms with Crippen LogP contribution in [0.3, 0.4) is 0 Å². The molecule has 0 fully saturated rings. The number of allylic oxidation sites excluding steroid dienone is 3. The molecule has 0 aliphatic rings. The van der Waals surface area contributed by atoms with Crippen molar-refractivity contribution >= 4 is 5.71 Å². The molecule has 0 unspecified atom stereocenters. The number of aliphatic imine (C=N–C) groups is 1. The second-order valence-corrected chi connectivity index (χ2v) is 2.29. The molecule has 0 bridgehead atoms. The summed E-state index contributed by atoms with van der Waals surface area (Å²) < 4.78 is 12.1. The normalized spacial score (nSPS) is 11.0. The first-order valence-corrected chi connectivity index (χ1v) is 3.07. The maximum Gasteiger partial charge on any atom is 0.117 e. The highest BCUT2D eigenvalue weighted by atomic mass is 19.1. The van der Waals surface area contributed by atoms with E-state index < -0.39 is 5.83 Å². The minimum Gasteiger partial charge on any atom is -0.263 e. The van der Waals surface area contributed by atoms with Gasteiger partial charge in [-0.15, -0.1) is 0 Å². The molecule has 0 saturated heterocycles. The van der Waals surface area contributed by atoms with Gasteiger partial charge in [-0.05, 0) is 26.8 Å². The average Bonchev–Trinajstić information content (AvgIpc) is 1.58. The van der Waals surface area contributed by atoms with Crippen LogP contribution < -0.4 is 0 Å². The molecule has 0 radical (unpaired) electrons. The Hall–Kier alpha value is -0.920. The van der Waals surface area contributed by atoms with Gasteiger partial charge in [0.15, 0.2) is 0 Å². The Kier molecular flexibility index (Phi) is 3.62. The third-order valence-corrected chi connectivity index (χ3v) is 0.765.